The molecule has 0 bridgehead atoms. The van der Waals surface area contributed by atoms with E-state index in [1.807, 2.05) is 0 Å². The van der Waals surface area contributed by atoms with Gasteiger partial charge in [-0.2, -0.15) is 0 Å². The minimum absolute atomic E-state index is 0.0780. The second-order valence-corrected chi connectivity index (χ2v) is 4.89. The molecule has 0 aliphatic rings. The minimum atomic E-state index is -0.786. The number of benzene rings is 2. The molecule has 0 amide bonds. The number of nitrogens with one attached hydrogen (secondary N) is 1. The molecular formula is C15H13F3N2S. The lowest BCUT2D eigenvalue weighted by Gasteiger charge is -2.10. The van der Waals surface area contributed by atoms with Crippen LogP contribution in [0.2, 0.25) is 0 Å². The van der Waals surface area contributed by atoms with Crippen LogP contribution in [0, 0.1) is 17.5 Å². The maximum absolute atomic E-state index is 13.8. The molecule has 2 aromatic rings. The summed E-state index contributed by atoms with van der Waals surface area (Å²) >= 11 is 4.67. The predicted molar refractivity (Wildman–Crippen MR) is 80.8 cm³/mol. The average molecular weight is 310 g/mol. The van der Waals surface area contributed by atoms with E-state index in [1.54, 1.807) is 18.2 Å². The van der Waals surface area contributed by atoms with Gasteiger partial charge in [-0.15, -0.1) is 0 Å². The Hall–Kier alpha value is -2.08. The first-order valence-electron chi connectivity index (χ1n) is 6.25. The quantitative estimate of drug-likeness (QED) is 0.831. The van der Waals surface area contributed by atoms with Crippen molar-refractivity contribution in [2.45, 2.75) is 6.42 Å². The van der Waals surface area contributed by atoms with Gasteiger partial charge in [0.25, 0.3) is 0 Å². The van der Waals surface area contributed by atoms with Crippen LogP contribution in [0.3, 0.4) is 0 Å². The molecule has 2 nitrogen and oxygen atoms in total. The van der Waals surface area contributed by atoms with E-state index in [0.29, 0.717) is 12.0 Å². The molecule has 0 radical (unpaired) electrons. The normalized spacial score (nSPS) is 10.4. The van der Waals surface area contributed by atoms with E-state index in [9.17, 15) is 13.2 Å². The van der Waals surface area contributed by atoms with E-state index in [1.165, 1.54) is 6.07 Å². The lowest BCUT2D eigenvalue weighted by molar-refractivity contribution is 0.586. The van der Waals surface area contributed by atoms with Gasteiger partial charge in [0, 0.05) is 12.1 Å². The molecule has 0 aliphatic carbocycles. The van der Waals surface area contributed by atoms with Crippen LogP contribution in [-0.2, 0) is 6.42 Å². The average Bonchev–Trinajstić information content (AvgIpc) is 2.43. The lowest BCUT2D eigenvalue weighted by Crippen LogP contribution is -2.13. The number of hydrogen-bond donors (Lipinski definition) is 2. The van der Waals surface area contributed by atoms with Crippen molar-refractivity contribution in [1.29, 1.82) is 0 Å². The first-order chi connectivity index (χ1) is 9.99. The molecule has 0 aliphatic heterocycles. The first kappa shape index (κ1) is 15.3. The van der Waals surface area contributed by atoms with Crippen molar-refractivity contribution in [3.63, 3.8) is 0 Å². The zero-order chi connectivity index (χ0) is 15.4. The Morgan fingerprint density at radius 2 is 1.67 bits per heavy atom. The number of anilines is 1. The fourth-order valence-electron chi connectivity index (χ4n) is 1.91. The summed E-state index contributed by atoms with van der Waals surface area (Å²) in [5.41, 5.74) is 5.66. The lowest BCUT2D eigenvalue weighted by atomic mass is 10.1. The molecule has 0 saturated carbocycles. The van der Waals surface area contributed by atoms with Crippen LogP contribution in [0.5, 0.6) is 0 Å². The molecule has 0 heterocycles. The third-order valence-electron chi connectivity index (χ3n) is 2.98. The third kappa shape index (κ3) is 3.72. The van der Waals surface area contributed by atoms with Gasteiger partial charge in [0.1, 0.15) is 28.1 Å². The van der Waals surface area contributed by atoms with E-state index >= 15 is 0 Å². The van der Waals surface area contributed by atoms with E-state index in [4.69, 9.17) is 5.73 Å². The number of thiocarbonyl (C=S) groups is 1. The third-order valence-corrected chi connectivity index (χ3v) is 3.22. The molecular weight excluding hydrogens is 297 g/mol. The standard InChI is InChI=1S/C15H13F3N2S/c16-11-4-2-1-3-9(11)5-6-20-14-12(17)7-10(15(19)21)8-13(14)18/h1-4,7-8,20H,5-6H2,(H2,19,21). The molecule has 0 fully saturated rings. The van der Waals surface area contributed by atoms with Crippen LogP contribution in [0.15, 0.2) is 36.4 Å². The highest BCUT2D eigenvalue weighted by molar-refractivity contribution is 7.80. The zero-order valence-electron chi connectivity index (χ0n) is 11.0. The maximum atomic E-state index is 13.8. The highest BCUT2D eigenvalue weighted by Crippen LogP contribution is 2.21. The van der Waals surface area contributed by atoms with Crippen LogP contribution in [0.25, 0.3) is 0 Å². The summed E-state index contributed by atoms with van der Waals surface area (Å²) in [5, 5.41) is 2.62. The molecule has 0 aromatic heterocycles. The monoisotopic (exact) mass is 310 g/mol. The predicted octanol–water partition coefficient (Wildman–Crippen LogP) is 3.39. The molecule has 2 rings (SSSR count). The van der Waals surface area contributed by atoms with Crippen molar-refractivity contribution in [3.8, 4) is 0 Å². The second-order valence-electron chi connectivity index (χ2n) is 4.45. The van der Waals surface area contributed by atoms with Gasteiger partial charge in [-0.1, -0.05) is 30.4 Å². The van der Waals surface area contributed by atoms with Crippen LogP contribution in [0.1, 0.15) is 11.1 Å². The highest BCUT2D eigenvalue weighted by Gasteiger charge is 2.12. The molecule has 0 unspecified atom stereocenters. The van der Waals surface area contributed by atoms with Crippen molar-refractivity contribution in [2.75, 3.05) is 11.9 Å². The summed E-state index contributed by atoms with van der Waals surface area (Å²) in [6.45, 7) is 0.196. The van der Waals surface area contributed by atoms with Gasteiger partial charge >= 0.3 is 0 Å². The van der Waals surface area contributed by atoms with Gasteiger partial charge in [0.15, 0.2) is 0 Å². The van der Waals surface area contributed by atoms with Gasteiger partial charge in [0.05, 0.1) is 0 Å². The number of nitrogens with two attached hydrogens (primary N) is 1. The number of halogens is 3. The van der Waals surface area contributed by atoms with E-state index < -0.39 is 11.6 Å². The van der Waals surface area contributed by atoms with Gasteiger partial charge in [-0.05, 0) is 30.2 Å². The summed E-state index contributed by atoms with van der Waals surface area (Å²) < 4.78 is 41.0. The molecule has 3 N–H and O–H groups in total. The summed E-state index contributed by atoms with van der Waals surface area (Å²) in [7, 11) is 0. The zero-order valence-corrected chi connectivity index (χ0v) is 11.8. The van der Waals surface area contributed by atoms with Crippen molar-refractivity contribution in [3.05, 3.63) is 65.0 Å². The van der Waals surface area contributed by atoms with Gasteiger partial charge < -0.3 is 11.1 Å². The van der Waals surface area contributed by atoms with Crippen LogP contribution >= 0.6 is 12.2 Å². The molecule has 0 saturated heterocycles. The van der Waals surface area contributed by atoms with E-state index in [2.05, 4.69) is 17.5 Å². The largest absolute Gasteiger partial charge is 0.389 e. The van der Waals surface area contributed by atoms with Gasteiger partial charge in [-0.3, -0.25) is 0 Å². The summed E-state index contributed by atoms with van der Waals surface area (Å²) in [6.07, 6.45) is 0.308. The Kier molecular flexibility index (Phi) is 4.80. The fourth-order valence-corrected chi connectivity index (χ4v) is 2.03. The summed E-state index contributed by atoms with van der Waals surface area (Å²) in [4.78, 5) is -0.0780. The van der Waals surface area contributed by atoms with Crippen molar-refractivity contribution < 1.29 is 13.2 Å². The van der Waals surface area contributed by atoms with Crippen LogP contribution in [0.4, 0.5) is 18.9 Å². The topological polar surface area (TPSA) is 38.0 Å². The molecule has 21 heavy (non-hydrogen) atoms. The Balaban J connectivity index is 2.07. The van der Waals surface area contributed by atoms with Crippen LogP contribution in [-0.4, -0.2) is 11.5 Å². The van der Waals surface area contributed by atoms with Crippen LogP contribution < -0.4 is 11.1 Å². The summed E-state index contributed by atoms with van der Waals surface area (Å²) in [5.74, 6) is -1.92. The van der Waals surface area contributed by atoms with E-state index in [0.717, 1.165) is 12.1 Å². The van der Waals surface area contributed by atoms with Crippen molar-refractivity contribution in [2.24, 2.45) is 5.73 Å². The summed E-state index contributed by atoms with van der Waals surface area (Å²) in [6, 6.07) is 8.39. The Bertz CT molecular complexity index is 651. The second kappa shape index (κ2) is 6.58. The molecule has 6 heteroatoms. The molecule has 0 spiro atoms. The fraction of sp³-hybridized carbons (Fsp3) is 0.133. The van der Waals surface area contributed by atoms with Gasteiger partial charge in [0.2, 0.25) is 0 Å². The minimum Gasteiger partial charge on any atom is -0.389 e. The molecule has 2 aromatic carbocycles. The Morgan fingerprint density at radius 1 is 1.05 bits per heavy atom. The van der Waals surface area contributed by atoms with E-state index in [-0.39, 0.29) is 28.6 Å². The Morgan fingerprint density at radius 3 is 2.24 bits per heavy atom. The maximum Gasteiger partial charge on any atom is 0.150 e. The molecule has 110 valence electrons. The number of hydrogen-bond acceptors (Lipinski definition) is 2. The SMILES string of the molecule is NC(=S)c1cc(F)c(NCCc2ccccc2F)c(F)c1. The Labute approximate surface area is 125 Å². The van der Waals surface area contributed by atoms with Gasteiger partial charge in [-0.25, -0.2) is 13.2 Å². The number of rotatable bonds is 5. The molecule has 0 atom stereocenters. The smallest absolute Gasteiger partial charge is 0.150 e. The highest BCUT2D eigenvalue weighted by atomic mass is 32.1. The first-order valence-corrected chi connectivity index (χ1v) is 6.66. The van der Waals surface area contributed by atoms with Crippen molar-refractivity contribution >= 4 is 22.9 Å². The van der Waals surface area contributed by atoms with Crippen molar-refractivity contribution in [1.82, 2.24) is 0 Å².